The predicted octanol–water partition coefficient (Wildman–Crippen LogP) is 1.83. The number of rotatable bonds is 1. The van der Waals surface area contributed by atoms with Crippen molar-refractivity contribution in [3.05, 3.63) is 28.7 Å². The van der Waals surface area contributed by atoms with Crippen LogP contribution in [0.15, 0.2) is 23.5 Å². The van der Waals surface area contributed by atoms with Gasteiger partial charge in [0, 0.05) is 12.1 Å². The third-order valence-corrected chi connectivity index (χ3v) is 2.30. The minimum Gasteiger partial charge on any atom is -0.508 e. The molecule has 2 rings (SSSR count). The number of anilines is 1. The minimum absolute atomic E-state index is 0.255. The Morgan fingerprint density at radius 2 is 2.31 bits per heavy atom. The Morgan fingerprint density at radius 3 is 3.08 bits per heavy atom. The molecule has 0 bridgehead atoms. The molecule has 0 unspecified atom stereocenters. The van der Waals surface area contributed by atoms with Crippen LogP contribution < -0.4 is 5.01 Å². The number of hydrogen-bond donors (Lipinski definition) is 1. The number of fused-ring (bicyclic) bond motifs is 1. The van der Waals surface area contributed by atoms with E-state index in [0.717, 1.165) is 24.1 Å². The first-order valence-corrected chi connectivity index (χ1v) is 4.24. The Kier molecular flexibility index (Phi) is 1.88. The minimum atomic E-state index is 0.255. The maximum Gasteiger partial charge on any atom is 0.120 e. The van der Waals surface area contributed by atoms with E-state index >= 15 is 0 Å². The smallest absolute Gasteiger partial charge is 0.120 e. The number of phenolic OH excluding ortho intramolecular Hbond substituents is 1. The zero-order valence-corrected chi connectivity index (χ0v) is 7.10. The zero-order chi connectivity index (χ0) is 9.26. The van der Waals surface area contributed by atoms with Crippen LogP contribution in [-0.4, -0.2) is 11.7 Å². The topological polar surface area (TPSA) is 52.9 Å². The lowest BCUT2D eigenvalue weighted by molar-refractivity contribution is 0.464. The summed E-state index contributed by atoms with van der Waals surface area (Å²) in [6.45, 7) is 0.639. The van der Waals surface area contributed by atoms with Crippen LogP contribution in [0.4, 0.5) is 5.69 Å². The Morgan fingerprint density at radius 1 is 1.46 bits per heavy atom. The Balaban J connectivity index is 2.51. The molecule has 0 saturated carbocycles. The van der Waals surface area contributed by atoms with E-state index < -0.39 is 0 Å². The van der Waals surface area contributed by atoms with Crippen molar-refractivity contribution >= 4 is 5.69 Å². The molecule has 0 aromatic heterocycles. The normalized spacial score (nSPS) is 15.2. The molecule has 0 radical (unpaired) electrons. The van der Waals surface area contributed by atoms with Gasteiger partial charge in [-0.15, -0.1) is 4.91 Å². The quantitative estimate of drug-likeness (QED) is 0.667. The van der Waals surface area contributed by atoms with Crippen molar-refractivity contribution in [3.63, 3.8) is 0 Å². The van der Waals surface area contributed by atoms with E-state index in [1.165, 1.54) is 5.01 Å². The van der Waals surface area contributed by atoms with Gasteiger partial charge in [0.05, 0.1) is 11.0 Å². The van der Waals surface area contributed by atoms with Crippen molar-refractivity contribution in [2.45, 2.75) is 12.8 Å². The van der Waals surface area contributed by atoms with Crippen molar-refractivity contribution in [1.29, 1.82) is 0 Å². The molecule has 1 aliphatic heterocycles. The van der Waals surface area contributed by atoms with Gasteiger partial charge in [-0.3, -0.25) is 0 Å². The molecule has 1 aromatic rings. The second kappa shape index (κ2) is 3.05. The SMILES string of the molecule is O=NN1CCCc2c(O)cccc21. The summed E-state index contributed by atoms with van der Waals surface area (Å²) in [5.41, 5.74) is 1.56. The van der Waals surface area contributed by atoms with Gasteiger partial charge in [-0.25, -0.2) is 5.01 Å². The summed E-state index contributed by atoms with van der Waals surface area (Å²) in [5.74, 6) is 0.255. The van der Waals surface area contributed by atoms with Gasteiger partial charge in [-0.2, -0.15) is 0 Å². The van der Waals surface area contributed by atoms with Crippen LogP contribution >= 0.6 is 0 Å². The molecule has 13 heavy (non-hydrogen) atoms. The number of hydrogen-bond acceptors (Lipinski definition) is 3. The number of aromatic hydroxyl groups is 1. The maximum absolute atomic E-state index is 10.4. The molecular formula is C9H10N2O2. The summed E-state index contributed by atoms with van der Waals surface area (Å²) in [7, 11) is 0. The second-order valence-electron chi connectivity index (χ2n) is 3.08. The highest BCUT2D eigenvalue weighted by atomic mass is 16.3. The van der Waals surface area contributed by atoms with E-state index in [1.54, 1.807) is 18.2 Å². The number of phenols is 1. The lowest BCUT2D eigenvalue weighted by atomic mass is 10.0. The van der Waals surface area contributed by atoms with Crippen molar-refractivity contribution in [2.24, 2.45) is 5.29 Å². The van der Waals surface area contributed by atoms with Crippen LogP contribution in [0.2, 0.25) is 0 Å². The molecule has 1 N–H and O–H groups in total. The van der Waals surface area contributed by atoms with Crippen molar-refractivity contribution in [2.75, 3.05) is 11.6 Å². The van der Waals surface area contributed by atoms with Gasteiger partial charge in [0.1, 0.15) is 5.75 Å². The third-order valence-electron chi connectivity index (χ3n) is 2.30. The van der Waals surface area contributed by atoms with Crippen molar-refractivity contribution in [1.82, 2.24) is 0 Å². The molecule has 1 heterocycles. The molecule has 0 fully saturated rings. The number of nitrogens with zero attached hydrogens (tertiary/aromatic N) is 2. The van der Waals surface area contributed by atoms with Crippen molar-refractivity contribution < 1.29 is 5.11 Å². The number of benzene rings is 1. The summed E-state index contributed by atoms with van der Waals surface area (Å²) in [5, 5.41) is 13.8. The molecule has 0 saturated heterocycles. The first kappa shape index (κ1) is 8.04. The predicted molar refractivity (Wildman–Crippen MR) is 49.6 cm³/mol. The van der Waals surface area contributed by atoms with Gasteiger partial charge in [0.25, 0.3) is 0 Å². The highest BCUT2D eigenvalue weighted by molar-refractivity contribution is 5.59. The Hall–Kier alpha value is -1.58. The summed E-state index contributed by atoms with van der Waals surface area (Å²) < 4.78 is 0. The highest BCUT2D eigenvalue weighted by Crippen LogP contribution is 2.33. The summed E-state index contributed by atoms with van der Waals surface area (Å²) in [6, 6.07) is 5.15. The van der Waals surface area contributed by atoms with Crippen LogP contribution in [0.5, 0.6) is 5.75 Å². The average molecular weight is 178 g/mol. The van der Waals surface area contributed by atoms with Gasteiger partial charge in [-0.05, 0) is 25.0 Å². The van der Waals surface area contributed by atoms with E-state index in [2.05, 4.69) is 5.29 Å². The van der Waals surface area contributed by atoms with Gasteiger partial charge in [0.15, 0.2) is 0 Å². The van der Waals surface area contributed by atoms with Crippen molar-refractivity contribution in [3.8, 4) is 5.75 Å². The van der Waals surface area contributed by atoms with E-state index in [9.17, 15) is 10.0 Å². The van der Waals surface area contributed by atoms with E-state index in [1.807, 2.05) is 0 Å². The first-order chi connectivity index (χ1) is 6.33. The lowest BCUT2D eigenvalue weighted by Crippen LogP contribution is -2.23. The molecule has 4 heteroatoms. The monoisotopic (exact) mass is 178 g/mol. The molecule has 0 aliphatic carbocycles. The van der Waals surface area contributed by atoms with Crippen LogP contribution in [0.3, 0.4) is 0 Å². The second-order valence-corrected chi connectivity index (χ2v) is 3.08. The summed E-state index contributed by atoms with van der Waals surface area (Å²) in [6.07, 6.45) is 1.67. The molecule has 0 spiro atoms. The standard InChI is InChI=1S/C9H10N2O2/c12-9-5-1-4-8-7(9)3-2-6-11(8)10-13/h1,4-5,12H,2-3,6H2. The molecule has 0 amide bonds. The van der Waals surface area contributed by atoms with Crippen LogP contribution in [-0.2, 0) is 6.42 Å². The molecule has 1 aliphatic rings. The third kappa shape index (κ3) is 1.24. The molecule has 0 atom stereocenters. The van der Waals surface area contributed by atoms with Gasteiger partial charge < -0.3 is 5.11 Å². The zero-order valence-electron chi connectivity index (χ0n) is 7.10. The van der Waals surface area contributed by atoms with Gasteiger partial charge >= 0.3 is 0 Å². The van der Waals surface area contributed by atoms with E-state index in [0.29, 0.717) is 6.54 Å². The fourth-order valence-electron chi connectivity index (χ4n) is 1.67. The fraction of sp³-hybridized carbons (Fsp3) is 0.333. The first-order valence-electron chi connectivity index (χ1n) is 4.24. The Labute approximate surface area is 75.7 Å². The lowest BCUT2D eigenvalue weighted by Gasteiger charge is -2.24. The van der Waals surface area contributed by atoms with E-state index in [-0.39, 0.29) is 5.75 Å². The van der Waals surface area contributed by atoms with Crippen LogP contribution in [0.1, 0.15) is 12.0 Å². The van der Waals surface area contributed by atoms with Gasteiger partial charge in [0.2, 0.25) is 0 Å². The van der Waals surface area contributed by atoms with Gasteiger partial charge in [-0.1, -0.05) is 6.07 Å². The van der Waals surface area contributed by atoms with E-state index in [4.69, 9.17) is 0 Å². The molecular weight excluding hydrogens is 168 g/mol. The summed E-state index contributed by atoms with van der Waals surface area (Å²) >= 11 is 0. The maximum atomic E-state index is 10.4. The summed E-state index contributed by atoms with van der Waals surface area (Å²) in [4.78, 5) is 10.4. The average Bonchev–Trinajstić information content (AvgIpc) is 2.18. The van der Waals surface area contributed by atoms with Crippen LogP contribution in [0.25, 0.3) is 0 Å². The van der Waals surface area contributed by atoms with Crippen LogP contribution in [0, 0.1) is 4.91 Å². The highest BCUT2D eigenvalue weighted by Gasteiger charge is 2.19. The number of nitroso groups, excluding NO2 is 1. The molecule has 68 valence electrons. The largest absolute Gasteiger partial charge is 0.508 e. The molecule has 1 aromatic carbocycles. The molecule has 4 nitrogen and oxygen atoms in total. The Bertz CT molecular complexity index is 338. The fourth-order valence-corrected chi connectivity index (χ4v) is 1.67.